The summed E-state index contributed by atoms with van der Waals surface area (Å²) < 4.78 is 32.7. The molecule has 0 atom stereocenters. The van der Waals surface area contributed by atoms with Crippen molar-refractivity contribution in [2.24, 2.45) is 0 Å². The normalized spacial score (nSPS) is 16.4. The average Bonchev–Trinajstić information content (AvgIpc) is 2.55. The molecule has 1 amide bonds. The molecule has 134 valence electrons. The Labute approximate surface area is 144 Å². The van der Waals surface area contributed by atoms with E-state index in [1.807, 2.05) is 12.1 Å². The summed E-state index contributed by atoms with van der Waals surface area (Å²) >= 11 is 0. The summed E-state index contributed by atoms with van der Waals surface area (Å²) in [5.41, 5.74) is 1.11. The number of hydrogen-bond acceptors (Lipinski definition) is 4. The topological polar surface area (TPSA) is 75.7 Å². The minimum Gasteiger partial charge on any atom is -0.450 e. The van der Waals surface area contributed by atoms with E-state index >= 15 is 0 Å². The van der Waals surface area contributed by atoms with Crippen LogP contribution in [0, 0.1) is 0 Å². The highest BCUT2D eigenvalue weighted by Crippen LogP contribution is 2.19. The highest BCUT2D eigenvalue weighted by molar-refractivity contribution is 7.89. The minimum atomic E-state index is -3.54. The maximum Gasteiger partial charge on any atom is 0.409 e. The number of carbonyl (C=O) groups is 1. The van der Waals surface area contributed by atoms with Crippen molar-refractivity contribution in [1.29, 1.82) is 0 Å². The number of piperidine rings is 1. The summed E-state index contributed by atoms with van der Waals surface area (Å²) in [4.78, 5) is 13.6. The van der Waals surface area contributed by atoms with E-state index < -0.39 is 10.0 Å². The first-order valence-corrected chi connectivity index (χ1v) is 9.85. The standard InChI is InChI=1S/C17H26N2O4S/c1-4-23-17(20)19-11-9-15(10-12-19)18-24(21,22)16-7-5-14(6-8-16)13(2)3/h5-8,13,15,18H,4,9-12H2,1-3H3. The number of hydrogen-bond donors (Lipinski definition) is 1. The van der Waals surface area contributed by atoms with Gasteiger partial charge in [-0.25, -0.2) is 17.9 Å². The molecule has 1 N–H and O–H groups in total. The van der Waals surface area contributed by atoms with Gasteiger partial charge in [-0.15, -0.1) is 0 Å². The first-order chi connectivity index (χ1) is 11.3. The lowest BCUT2D eigenvalue weighted by atomic mass is 10.0. The quantitative estimate of drug-likeness (QED) is 0.882. The van der Waals surface area contributed by atoms with Crippen LogP contribution in [0.3, 0.4) is 0 Å². The van der Waals surface area contributed by atoms with E-state index in [0.29, 0.717) is 38.5 Å². The fourth-order valence-electron chi connectivity index (χ4n) is 2.71. The fraction of sp³-hybridized carbons (Fsp3) is 0.588. The molecule has 2 rings (SSSR count). The van der Waals surface area contributed by atoms with Crippen molar-refractivity contribution in [3.8, 4) is 0 Å². The average molecular weight is 354 g/mol. The van der Waals surface area contributed by atoms with Gasteiger partial charge in [-0.05, 0) is 43.4 Å². The lowest BCUT2D eigenvalue weighted by molar-refractivity contribution is 0.0966. The van der Waals surface area contributed by atoms with Gasteiger partial charge in [-0.3, -0.25) is 0 Å². The second kappa shape index (κ2) is 7.98. The molecule has 0 unspecified atom stereocenters. The summed E-state index contributed by atoms with van der Waals surface area (Å²) in [5, 5.41) is 0. The summed E-state index contributed by atoms with van der Waals surface area (Å²) in [7, 11) is -3.54. The van der Waals surface area contributed by atoms with Crippen molar-refractivity contribution in [2.75, 3.05) is 19.7 Å². The minimum absolute atomic E-state index is 0.162. The molecule has 1 heterocycles. The smallest absolute Gasteiger partial charge is 0.409 e. The molecule has 1 saturated heterocycles. The molecule has 1 aliphatic rings. The number of sulfonamides is 1. The molecule has 0 radical (unpaired) electrons. The summed E-state index contributed by atoms with van der Waals surface area (Å²) in [6, 6.07) is 6.83. The second-order valence-corrected chi connectivity index (χ2v) is 8.02. The van der Waals surface area contributed by atoms with E-state index in [0.717, 1.165) is 5.56 Å². The van der Waals surface area contributed by atoms with E-state index in [2.05, 4.69) is 18.6 Å². The molecule has 24 heavy (non-hydrogen) atoms. The Morgan fingerprint density at radius 1 is 1.25 bits per heavy atom. The third-order valence-electron chi connectivity index (χ3n) is 4.20. The third kappa shape index (κ3) is 4.70. The number of benzene rings is 1. The Hall–Kier alpha value is -1.60. The van der Waals surface area contributed by atoms with Gasteiger partial charge in [0, 0.05) is 19.1 Å². The van der Waals surface area contributed by atoms with E-state index in [1.165, 1.54) is 0 Å². The Morgan fingerprint density at radius 3 is 2.33 bits per heavy atom. The molecule has 6 nitrogen and oxygen atoms in total. The number of nitrogens with zero attached hydrogens (tertiary/aromatic N) is 1. The van der Waals surface area contributed by atoms with Crippen LogP contribution in [0.4, 0.5) is 4.79 Å². The van der Waals surface area contributed by atoms with Crippen molar-refractivity contribution >= 4 is 16.1 Å². The number of carbonyl (C=O) groups excluding carboxylic acids is 1. The van der Waals surface area contributed by atoms with Crippen LogP contribution in [0.15, 0.2) is 29.2 Å². The first-order valence-electron chi connectivity index (χ1n) is 8.37. The second-order valence-electron chi connectivity index (χ2n) is 6.31. The lowest BCUT2D eigenvalue weighted by Crippen LogP contribution is -2.46. The molecule has 1 fully saturated rings. The maximum atomic E-state index is 12.5. The predicted octanol–water partition coefficient (Wildman–Crippen LogP) is 2.71. The Bertz CT molecular complexity index is 648. The molecule has 1 aromatic carbocycles. The van der Waals surface area contributed by atoms with E-state index in [-0.39, 0.29) is 17.0 Å². The molecular formula is C17H26N2O4S. The number of likely N-dealkylation sites (tertiary alicyclic amines) is 1. The molecule has 7 heteroatoms. The van der Waals surface area contributed by atoms with Crippen molar-refractivity contribution in [2.45, 2.75) is 50.5 Å². The largest absolute Gasteiger partial charge is 0.450 e. The van der Waals surface area contributed by atoms with Gasteiger partial charge in [0.05, 0.1) is 11.5 Å². The molecular weight excluding hydrogens is 328 g/mol. The van der Waals surface area contributed by atoms with E-state index in [1.54, 1.807) is 24.0 Å². The van der Waals surface area contributed by atoms with Crippen molar-refractivity contribution in [1.82, 2.24) is 9.62 Å². The van der Waals surface area contributed by atoms with Crippen LogP contribution in [0.25, 0.3) is 0 Å². The molecule has 1 aromatic rings. The first kappa shape index (κ1) is 18.7. The van der Waals surface area contributed by atoms with E-state index in [4.69, 9.17) is 4.74 Å². The van der Waals surface area contributed by atoms with Gasteiger partial charge in [0.15, 0.2) is 0 Å². The molecule has 0 aromatic heterocycles. The predicted molar refractivity (Wildman–Crippen MR) is 92.5 cm³/mol. The third-order valence-corrected chi connectivity index (χ3v) is 5.74. The summed E-state index contributed by atoms with van der Waals surface area (Å²) in [5.74, 6) is 0.363. The van der Waals surface area contributed by atoms with Crippen LogP contribution in [0.5, 0.6) is 0 Å². The van der Waals surface area contributed by atoms with Gasteiger partial charge in [-0.2, -0.15) is 0 Å². The SMILES string of the molecule is CCOC(=O)N1CCC(NS(=O)(=O)c2ccc(C(C)C)cc2)CC1. The van der Waals surface area contributed by atoms with Crippen molar-refractivity contribution in [3.63, 3.8) is 0 Å². The highest BCUT2D eigenvalue weighted by Gasteiger charge is 2.27. The fourth-order valence-corrected chi connectivity index (χ4v) is 4.02. The van der Waals surface area contributed by atoms with Gasteiger partial charge in [-0.1, -0.05) is 26.0 Å². The zero-order chi connectivity index (χ0) is 17.7. The Morgan fingerprint density at radius 2 is 1.83 bits per heavy atom. The Kier molecular flexibility index (Phi) is 6.23. The van der Waals surface area contributed by atoms with Crippen LogP contribution >= 0.6 is 0 Å². The van der Waals surface area contributed by atoms with Crippen molar-refractivity contribution < 1.29 is 17.9 Å². The van der Waals surface area contributed by atoms with Crippen LogP contribution in [0.1, 0.15) is 45.1 Å². The zero-order valence-electron chi connectivity index (χ0n) is 14.5. The Balaban J connectivity index is 1.94. The summed E-state index contributed by atoms with van der Waals surface area (Å²) in [6.45, 7) is 7.25. The number of ether oxygens (including phenoxy) is 1. The highest BCUT2D eigenvalue weighted by atomic mass is 32.2. The van der Waals surface area contributed by atoms with Crippen molar-refractivity contribution in [3.05, 3.63) is 29.8 Å². The monoisotopic (exact) mass is 354 g/mol. The molecule has 0 spiro atoms. The van der Waals surface area contributed by atoms with Crippen LogP contribution in [-0.4, -0.2) is 45.1 Å². The van der Waals surface area contributed by atoms with Crippen LogP contribution in [-0.2, 0) is 14.8 Å². The number of nitrogens with one attached hydrogen (secondary N) is 1. The lowest BCUT2D eigenvalue weighted by Gasteiger charge is -2.31. The molecule has 0 saturated carbocycles. The van der Waals surface area contributed by atoms with Gasteiger partial charge in [0.1, 0.15) is 0 Å². The van der Waals surface area contributed by atoms with Crippen LogP contribution < -0.4 is 4.72 Å². The van der Waals surface area contributed by atoms with Gasteiger partial charge >= 0.3 is 6.09 Å². The molecule has 0 bridgehead atoms. The maximum absolute atomic E-state index is 12.5. The van der Waals surface area contributed by atoms with E-state index in [9.17, 15) is 13.2 Å². The molecule has 1 aliphatic heterocycles. The number of amides is 1. The van der Waals surface area contributed by atoms with Gasteiger partial charge < -0.3 is 9.64 Å². The van der Waals surface area contributed by atoms with Gasteiger partial charge in [0.2, 0.25) is 10.0 Å². The van der Waals surface area contributed by atoms with Gasteiger partial charge in [0.25, 0.3) is 0 Å². The molecule has 0 aliphatic carbocycles. The zero-order valence-corrected chi connectivity index (χ0v) is 15.3. The van der Waals surface area contributed by atoms with Crippen LogP contribution in [0.2, 0.25) is 0 Å². The number of rotatable bonds is 5. The summed E-state index contributed by atoms with van der Waals surface area (Å²) in [6.07, 6.45) is 0.840.